The van der Waals surface area contributed by atoms with Gasteiger partial charge in [-0.25, -0.2) is 0 Å². The largest absolute Gasteiger partial charge is 0.342 e. The second-order valence-electron chi connectivity index (χ2n) is 5.08. The molecule has 6 nitrogen and oxygen atoms in total. The van der Waals surface area contributed by atoms with E-state index < -0.39 is 0 Å². The molecule has 6 heteroatoms. The van der Waals surface area contributed by atoms with Gasteiger partial charge in [0.2, 0.25) is 5.91 Å². The maximum Gasteiger partial charge on any atom is 0.223 e. The molecule has 1 amide bonds. The number of amides is 1. The molecule has 1 aliphatic heterocycles. The van der Waals surface area contributed by atoms with Gasteiger partial charge in [-0.05, 0) is 19.4 Å². The fourth-order valence-corrected chi connectivity index (χ4v) is 2.61. The quantitative estimate of drug-likeness (QED) is 0.788. The number of aryl methyl sites for hydroxylation is 1. The van der Waals surface area contributed by atoms with Crippen molar-refractivity contribution < 1.29 is 4.79 Å². The molecule has 1 aliphatic rings. The Kier molecular flexibility index (Phi) is 4.90. The minimum atomic E-state index is 0.243. The van der Waals surface area contributed by atoms with Crippen LogP contribution in [0.5, 0.6) is 0 Å². The van der Waals surface area contributed by atoms with Crippen LogP contribution in [-0.4, -0.2) is 51.8 Å². The Labute approximate surface area is 114 Å². The normalized spacial score (nSPS) is 19.7. The minimum Gasteiger partial charge on any atom is -0.342 e. The Hall–Kier alpha value is -1.43. The van der Waals surface area contributed by atoms with Gasteiger partial charge in [0.25, 0.3) is 0 Å². The van der Waals surface area contributed by atoms with Gasteiger partial charge in [0, 0.05) is 39.0 Å². The molecule has 1 aromatic heterocycles. The summed E-state index contributed by atoms with van der Waals surface area (Å²) in [4.78, 5) is 14.1. The van der Waals surface area contributed by atoms with Crippen molar-refractivity contribution in [1.29, 1.82) is 0 Å². The van der Waals surface area contributed by atoms with Crippen LogP contribution < -0.4 is 5.32 Å². The third kappa shape index (κ3) is 3.53. The summed E-state index contributed by atoms with van der Waals surface area (Å²) in [5, 5.41) is 11.3. The van der Waals surface area contributed by atoms with E-state index in [0.29, 0.717) is 12.3 Å². The fraction of sp³-hybridized carbons (Fsp3) is 0.769. The zero-order valence-electron chi connectivity index (χ0n) is 11.8. The van der Waals surface area contributed by atoms with Crippen molar-refractivity contribution in [2.75, 3.05) is 26.2 Å². The lowest BCUT2D eigenvalue weighted by atomic mass is 9.97. The summed E-state index contributed by atoms with van der Waals surface area (Å²) in [6, 6.07) is 0. The number of piperidine rings is 1. The number of aromatic nitrogens is 3. The number of carbonyl (C=O) groups is 1. The summed E-state index contributed by atoms with van der Waals surface area (Å²) in [7, 11) is 1.96. The Bertz CT molecular complexity index is 417. The summed E-state index contributed by atoms with van der Waals surface area (Å²) in [5.74, 6) is 1.56. The third-order valence-electron chi connectivity index (χ3n) is 3.65. The van der Waals surface area contributed by atoms with Crippen molar-refractivity contribution in [3.8, 4) is 0 Å². The number of nitrogens with zero attached hydrogens (tertiary/aromatic N) is 4. The third-order valence-corrected chi connectivity index (χ3v) is 3.65. The summed E-state index contributed by atoms with van der Waals surface area (Å²) in [5.41, 5.74) is 0. The van der Waals surface area contributed by atoms with Crippen LogP contribution in [0.3, 0.4) is 0 Å². The molecular formula is C13H23N5O. The number of hydrogen-bond acceptors (Lipinski definition) is 4. The molecule has 1 saturated heterocycles. The Morgan fingerprint density at radius 2 is 2.42 bits per heavy atom. The fourth-order valence-electron chi connectivity index (χ4n) is 2.61. The number of rotatable bonds is 5. The number of carbonyl (C=O) groups excluding carboxylic acids is 1. The van der Waals surface area contributed by atoms with Crippen LogP contribution in [0.2, 0.25) is 0 Å². The summed E-state index contributed by atoms with van der Waals surface area (Å²) in [6.07, 6.45) is 4.44. The first-order chi connectivity index (χ1) is 9.22. The van der Waals surface area contributed by atoms with Gasteiger partial charge in [-0.15, -0.1) is 10.2 Å². The van der Waals surface area contributed by atoms with Crippen molar-refractivity contribution in [3.05, 3.63) is 12.2 Å². The van der Waals surface area contributed by atoms with Crippen molar-refractivity contribution in [3.63, 3.8) is 0 Å². The van der Waals surface area contributed by atoms with Gasteiger partial charge in [-0.1, -0.05) is 6.92 Å². The first kappa shape index (κ1) is 14.0. The first-order valence-corrected chi connectivity index (χ1v) is 7.04. The first-order valence-electron chi connectivity index (χ1n) is 7.04. The predicted molar refractivity (Wildman–Crippen MR) is 72.7 cm³/mol. The average molecular weight is 265 g/mol. The molecule has 2 heterocycles. The molecule has 0 aromatic carbocycles. The van der Waals surface area contributed by atoms with E-state index in [2.05, 4.69) is 22.4 Å². The molecule has 2 rings (SSSR count). The molecule has 0 bridgehead atoms. The Balaban J connectivity index is 1.90. The highest BCUT2D eigenvalue weighted by molar-refractivity contribution is 5.76. The molecular weight excluding hydrogens is 242 g/mol. The predicted octanol–water partition coefficient (Wildman–Crippen LogP) is 0.521. The average Bonchev–Trinajstić information content (AvgIpc) is 2.85. The molecule has 1 N–H and O–H groups in total. The molecule has 1 atom stereocenters. The highest BCUT2D eigenvalue weighted by Crippen LogP contribution is 2.25. The van der Waals surface area contributed by atoms with Gasteiger partial charge in [0.1, 0.15) is 12.2 Å². The maximum atomic E-state index is 12.1. The topological polar surface area (TPSA) is 63.1 Å². The summed E-state index contributed by atoms with van der Waals surface area (Å²) in [6.45, 7) is 5.38. The van der Waals surface area contributed by atoms with Gasteiger partial charge >= 0.3 is 0 Å². The lowest BCUT2D eigenvalue weighted by Gasteiger charge is -2.32. The zero-order chi connectivity index (χ0) is 13.7. The Morgan fingerprint density at radius 1 is 1.58 bits per heavy atom. The van der Waals surface area contributed by atoms with E-state index in [-0.39, 0.29) is 5.91 Å². The van der Waals surface area contributed by atoms with Crippen LogP contribution in [0.4, 0.5) is 0 Å². The van der Waals surface area contributed by atoms with E-state index in [1.54, 1.807) is 6.33 Å². The molecule has 1 aromatic rings. The molecule has 106 valence electrons. The van der Waals surface area contributed by atoms with Gasteiger partial charge in [-0.3, -0.25) is 4.79 Å². The zero-order valence-corrected chi connectivity index (χ0v) is 11.8. The molecule has 1 fully saturated rings. The lowest BCUT2D eigenvalue weighted by molar-refractivity contribution is -0.132. The molecule has 1 unspecified atom stereocenters. The lowest BCUT2D eigenvalue weighted by Crippen LogP contribution is -2.40. The smallest absolute Gasteiger partial charge is 0.223 e. The molecule has 19 heavy (non-hydrogen) atoms. The van der Waals surface area contributed by atoms with E-state index in [4.69, 9.17) is 0 Å². The molecule has 0 aliphatic carbocycles. The minimum absolute atomic E-state index is 0.243. The molecule has 0 saturated carbocycles. The second-order valence-corrected chi connectivity index (χ2v) is 5.08. The van der Waals surface area contributed by atoms with Crippen LogP contribution in [0.15, 0.2) is 6.33 Å². The van der Waals surface area contributed by atoms with Crippen molar-refractivity contribution >= 4 is 5.91 Å². The van der Waals surface area contributed by atoms with Crippen LogP contribution in [0.1, 0.15) is 37.9 Å². The van der Waals surface area contributed by atoms with Crippen LogP contribution in [0, 0.1) is 0 Å². The van der Waals surface area contributed by atoms with E-state index >= 15 is 0 Å². The monoisotopic (exact) mass is 265 g/mol. The van der Waals surface area contributed by atoms with Crippen LogP contribution in [0.25, 0.3) is 0 Å². The SMILES string of the molecule is CCNCCC(=O)N1CCCC(c2nncn2C)C1. The van der Waals surface area contributed by atoms with Crippen molar-refractivity contribution in [1.82, 2.24) is 25.0 Å². The summed E-state index contributed by atoms with van der Waals surface area (Å²) >= 11 is 0. The molecule has 0 spiro atoms. The number of hydrogen-bond donors (Lipinski definition) is 1. The van der Waals surface area contributed by atoms with Gasteiger partial charge in [-0.2, -0.15) is 0 Å². The molecule has 0 radical (unpaired) electrons. The number of likely N-dealkylation sites (tertiary alicyclic amines) is 1. The van der Waals surface area contributed by atoms with E-state index in [1.165, 1.54) is 0 Å². The van der Waals surface area contributed by atoms with E-state index in [1.807, 2.05) is 16.5 Å². The van der Waals surface area contributed by atoms with Gasteiger partial charge in [0.15, 0.2) is 0 Å². The second kappa shape index (κ2) is 6.65. The van der Waals surface area contributed by atoms with Crippen molar-refractivity contribution in [2.24, 2.45) is 7.05 Å². The van der Waals surface area contributed by atoms with Gasteiger partial charge < -0.3 is 14.8 Å². The highest BCUT2D eigenvalue weighted by Gasteiger charge is 2.26. The standard InChI is InChI=1S/C13H23N5O/c1-3-14-7-6-12(19)18-8-4-5-11(9-18)13-16-15-10-17(13)2/h10-11,14H,3-9H2,1-2H3. The maximum absolute atomic E-state index is 12.1. The Morgan fingerprint density at radius 3 is 3.11 bits per heavy atom. The van der Waals surface area contributed by atoms with Crippen LogP contribution in [-0.2, 0) is 11.8 Å². The highest BCUT2D eigenvalue weighted by atomic mass is 16.2. The summed E-state index contributed by atoms with van der Waals surface area (Å²) < 4.78 is 1.96. The van der Waals surface area contributed by atoms with E-state index in [9.17, 15) is 4.79 Å². The van der Waals surface area contributed by atoms with Gasteiger partial charge in [0.05, 0.1) is 0 Å². The van der Waals surface area contributed by atoms with E-state index in [0.717, 1.165) is 44.8 Å². The van der Waals surface area contributed by atoms with Crippen LogP contribution >= 0.6 is 0 Å². The van der Waals surface area contributed by atoms with Crippen molar-refractivity contribution in [2.45, 2.75) is 32.1 Å². The number of nitrogens with one attached hydrogen (secondary N) is 1.